The fraction of sp³-hybridized carbons (Fsp3) is 0.115. The third kappa shape index (κ3) is 4.47. The molecule has 0 saturated heterocycles. The van der Waals surface area contributed by atoms with Gasteiger partial charge in [0.15, 0.2) is 5.82 Å². The summed E-state index contributed by atoms with van der Waals surface area (Å²) in [4.78, 5) is 26.2. The van der Waals surface area contributed by atoms with Crippen molar-refractivity contribution in [1.82, 2.24) is 24.7 Å². The van der Waals surface area contributed by atoms with Gasteiger partial charge in [-0.15, -0.1) is 0 Å². The molecule has 0 bridgehead atoms. The number of aryl methyl sites for hydroxylation is 1. The van der Waals surface area contributed by atoms with E-state index in [-0.39, 0.29) is 12.3 Å². The molecule has 0 aliphatic heterocycles. The molecular weight excluding hydrogens is 428 g/mol. The zero-order valence-corrected chi connectivity index (χ0v) is 18.8. The van der Waals surface area contributed by atoms with E-state index in [9.17, 15) is 4.79 Å². The molecule has 0 radical (unpaired) electrons. The fourth-order valence-corrected chi connectivity index (χ4v) is 3.74. The number of pyridine rings is 1. The highest BCUT2D eigenvalue weighted by Gasteiger charge is 2.16. The maximum atomic E-state index is 12.8. The van der Waals surface area contributed by atoms with Gasteiger partial charge in [0.2, 0.25) is 5.91 Å². The highest BCUT2D eigenvalue weighted by Crippen LogP contribution is 2.26. The Balaban J connectivity index is 1.50. The molecule has 5 rings (SSSR count). The van der Waals surface area contributed by atoms with Crippen molar-refractivity contribution >= 4 is 22.6 Å². The lowest BCUT2D eigenvalue weighted by atomic mass is 10.1. The van der Waals surface area contributed by atoms with Gasteiger partial charge in [0.1, 0.15) is 5.75 Å². The van der Waals surface area contributed by atoms with Gasteiger partial charge in [0, 0.05) is 35.4 Å². The highest BCUT2D eigenvalue weighted by atomic mass is 16.5. The summed E-state index contributed by atoms with van der Waals surface area (Å²) < 4.78 is 6.99. The number of nitrogens with zero attached hydrogens (tertiary/aromatic N) is 5. The van der Waals surface area contributed by atoms with E-state index < -0.39 is 0 Å². The molecule has 34 heavy (non-hydrogen) atoms. The summed E-state index contributed by atoms with van der Waals surface area (Å²) >= 11 is 0. The molecule has 0 unspecified atom stereocenters. The summed E-state index contributed by atoms with van der Waals surface area (Å²) in [5, 5.41) is 7.63. The maximum Gasteiger partial charge on any atom is 0.230 e. The molecule has 168 valence electrons. The number of carbonyl (C=O) groups is 1. The van der Waals surface area contributed by atoms with Crippen molar-refractivity contribution in [3.63, 3.8) is 0 Å². The Morgan fingerprint density at radius 3 is 2.62 bits per heavy atom. The van der Waals surface area contributed by atoms with E-state index in [0.717, 1.165) is 28.0 Å². The van der Waals surface area contributed by atoms with Crippen molar-refractivity contribution in [3.05, 3.63) is 90.5 Å². The van der Waals surface area contributed by atoms with E-state index in [1.54, 1.807) is 30.3 Å². The molecule has 0 fully saturated rings. The van der Waals surface area contributed by atoms with Gasteiger partial charge >= 0.3 is 0 Å². The summed E-state index contributed by atoms with van der Waals surface area (Å²) in [5.41, 5.74) is 5.47. The first-order valence-electron chi connectivity index (χ1n) is 10.8. The third-order valence-electron chi connectivity index (χ3n) is 5.31. The number of anilines is 1. The zero-order valence-electron chi connectivity index (χ0n) is 18.8. The molecule has 1 amide bonds. The van der Waals surface area contributed by atoms with Crippen LogP contribution >= 0.6 is 0 Å². The lowest BCUT2D eigenvalue weighted by Crippen LogP contribution is -2.15. The summed E-state index contributed by atoms with van der Waals surface area (Å²) in [6.45, 7) is 1.93. The molecule has 0 saturated carbocycles. The predicted molar refractivity (Wildman–Crippen MR) is 130 cm³/mol. The van der Waals surface area contributed by atoms with Gasteiger partial charge in [-0.25, -0.2) is 9.67 Å². The van der Waals surface area contributed by atoms with Gasteiger partial charge in [-0.2, -0.15) is 5.10 Å². The van der Waals surface area contributed by atoms with Crippen molar-refractivity contribution in [2.24, 2.45) is 0 Å². The Kier molecular flexibility index (Phi) is 5.70. The third-order valence-corrected chi connectivity index (χ3v) is 5.31. The monoisotopic (exact) mass is 450 g/mol. The van der Waals surface area contributed by atoms with E-state index >= 15 is 0 Å². The van der Waals surface area contributed by atoms with Gasteiger partial charge in [0.05, 0.1) is 36.0 Å². The molecule has 0 spiro atoms. The van der Waals surface area contributed by atoms with Crippen LogP contribution in [0.1, 0.15) is 11.4 Å². The second kappa shape index (κ2) is 9.11. The molecular formula is C26H22N6O2. The molecule has 5 aromatic rings. The molecule has 1 N–H and O–H groups in total. The van der Waals surface area contributed by atoms with Crippen molar-refractivity contribution in [2.45, 2.75) is 13.3 Å². The second-order valence-electron chi connectivity index (χ2n) is 7.79. The van der Waals surface area contributed by atoms with Gasteiger partial charge < -0.3 is 10.1 Å². The number of hydrogen-bond donors (Lipinski definition) is 1. The molecule has 0 aliphatic carbocycles. The molecule has 3 heterocycles. The van der Waals surface area contributed by atoms with E-state index in [0.29, 0.717) is 22.9 Å². The summed E-state index contributed by atoms with van der Waals surface area (Å²) in [7, 11) is 1.59. The van der Waals surface area contributed by atoms with E-state index in [1.165, 1.54) is 0 Å². The topological polar surface area (TPSA) is 94.8 Å². The number of aromatic nitrogens is 5. The van der Waals surface area contributed by atoms with Crippen LogP contribution in [-0.2, 0) is 11.2 Å². The summed E-state index contributed by atoms with van der Waals surface area (Å²) in [5.74, 6) is 1.18. The minimum Gasteiger partial charge on any atom is -0.497 e. The Morgan fingerprint density at radius 2 is 1.79 bits per heavy atom. The number of ether oxygens (including phenoxy) is 1. The van der Waals surface area contributed by atoms with Crippen LogP contribution < -0.4 is 10.1 Å². The van der Waals surface area contributed by atoms with E-state index in [2.05, 4.69) is 20.3 Å². The number of amides is 1. The second-order valence-corrected chi connectivity index (χ2v) is 7.79. The average Bonchev–Trinajstić information content (AvgIpc) is 3.27. The quantitative estimate of drug-likeness (QED) is 0.413. The Labute approximate surface area is 196 Å². The fourth-order valence-electron chi connectivity index (χ4n) is 3.74. The van der Waals surface area contributed by atoms with Crippen LogP contribution in [-0.4, -0.2) is 37.7 Å². The molecule has 2 aromatic carbocycles. The maximum absolute atomic E-state index is 12.8. The Morgan fingerprint density at radius 1 is 0.971 bits per heavy atom. The standard InChI is InChI=1S/C26H22N6O2/c1-17-5-3-8-25(29-17)32-24(18-9-10-22-23(13-18)28-12-11-27-22)15-20(31-32)16-26(33)30-19-6-4-7-21(14-19)34-2/h3-15H,16H2,1-2H3,(H,30,33). The van der Waals surface area contributed by atoms with Crippen LogP contribution in [0.15, 0.2) is 79.1 Å². The molecule has 8 heteroatoms. The number of nitrogens with one attached hydrogen (secondary N) is 1. The van der Waals surface area contributed by atoms with Crippen LogP contribution in [0.4, 0.5) is 5.69 Å². The van der Waals surface area contributed by atoms with Gasteiger partial charge in [0.25, 0.3) is 0 Å². The predicted octanol–water partition coefficient (Wildman–Crippen LogP) is 4.38. The number of carbonyl (C=O) groups excluding carboxylic acids is 1. The molecule has 0 atom stereocenters. The molecule has 8 nitrogen and oxygen atoms in total. The lowest BCUT2D eigenvalue weighted by molar-refractivity contribution is -0.115. The Bertz CT molecular complexity index is 1490. The largest absolute Gasteiger partial charge is 0.497 e. The minimum atomic E-state index is -0.175. The number of methoxy groups -OCH3 is 1. The van der Waals surface area contributed by atoms with Crippen LogP contribution in [0.25, 0.3) is 28.1 Å². The van der Waals surface area contributed by atoms with Gasteiger partial charge in [-0.05, 0) is 49.4 Å². The van der Waals surface area contributed by atoms with E-state index in [4.69, 9.17) is 9.84 Å². The van der Waals surface area contributed by atoms with Gasteiger partial charge in [-0.1, -0.05) is 18.2 Å². The normalized spacial score (nSPS) is 10.9. The van der Waals surface area contributed by atoms with Crippen molar-refractivity contribution in [3.8, 4) is 22.8 Å². The van der Waals surface area contributed by atoms with Crippen LogP contribution in [0.2, 0.25) is 0 Å². The molecule has 3 aromatic heterocycles. The van der Waals surface area contributed by atoms with Crippen LogP contribution in [0.5, 0.6) is 5.75 Å². The van der Waals surface area contributed by atoms with Crippen molar-refractivity contribution < 1.29 is 9.53 Å². The number of benzene rings is 2. The lowest BCUT2D eigenvalue weighted by Gasteiger charge is -2.08. The number of rotatable bonds is 6. The first-order valence-corrected chi connectivity index (χ1v) is 10.8. The first-order chi connectivity index (χ1) is 16.6. The van der Waals surface area contributed by atoms with Crippen molar-refractivity contribution in [2.75, 3.05) is 12.4 Å². The summed E-state index contributed by atoms with van der Waals surface area (Å²) in [6.07, 6.45) is 3.44. The van der Waals surface area contributed by atoms with Crippen LogP contribution in [0, 0.1) is 6.92 Å². The van der Waals surface area contributed by atoms with E-state index in [1.807, 2.05) is 67.6 Å². The van der Waals surface area contributed by atoms with Crippen LogP contribution in [0.3, 0.4) is 0 Å². The number of fused-ring (bicyclic) bond motifs is 1. The minimum absolute atomic E-state index is 0.108. The van der Waals surface area contributed by atoms with Gasteiger partial charge in [-0.3, -0.25) is 14.8 Å². The molecule has 0 aliphatic rings. The first kappa shape index (κ1) is 21.3. The SMILES string of the molecule is COc1cccc(NC(=O)Cc2cc(-c3ccc4nccnc4c3)n(-c3cccc(C)n3)n2)c1. The Hall–Kier alpha value is -4.59. The zero-order chi connectivity index (χ0) is 23.5. The number of hydrogen-bond acceptors (Lipinski definition) is 6. The average molecular weight is 451 g/mol. The highest BCUT2D eigenvalue weighted by molar-refractivity contribution is 5.92. The summed E-state index contributed by atoms with van der Waals surface area (Å²) in [6, 6.07) is 20.8. The smallest absolute Gasteiger partial charge is 0.230 e. The van der Waals surface area contributed by atoms with Crippen molar-refractivity contribution in [1.29, 1.82) is 0 Å².